The molecule has 144 valence electrons. The normalized spacial score (nSPS) is 11.1. The molecule has 0 fully saturated rings. The van der Waals surface area contributed by atoms with E-state index in [1.165, 1.54) is 18.2 Å². The second-order valence-electron chi connectivity index (χ2n) is 6.80. The van der Waals surface area contributed by atoms with E-state index in [0.29, 0.717) is 6.54 Å². The van der Waals surface area contributed by atoms with Crippen LogP contribution in [0, 0.1) is 25.5 Å². The number of halogens is 2. The van der Waals surface area contributed by atoms with Crippen molar-refractivity contribution in [3.63, 3.8) is 0 Å². The van der Waals surface area contributed by atoms with Crippen molar-refractivity contribution in [2.24, 2.45) is 4.99 Å². The van der Waals surface area contributed by atoms with Gasteiger partial charge in [0.05, 0.1) is 12.0 Å². The van der Waals surface area contributed by atoms with E-state index in [2.05, 4.69) is 18.5 Å². The molecule has 2 aromatic rings. The minimum atomic E-state index is -0.581. The van der Waals surface area contributed by atoms with Crippen molar-refractivity contribution in [3.8, 4) is 0 Å². The number of hydrogen-bond donors (Lipinski definition) is 0. The second kappa shape index (κ2) is 8.80. The molecule has 0 spiro atoms. The third kappa shape index (κ3) is 4.94. The van der Waals surface area contributed by atoms with Gasteiger partial charge in [0.25, 0.3) is 0 Å². The highest BCUT2D eigenvalue weighted by Crippen LogP contribution is 2.29. The lowest BCUT2D eigenvalue weighted by atomic mass is 9.97. The predicted molar refractivity (Wildman–Crippen MR) is 111 cm³/mol. The van der Waals surface area contributed by atoms with E-state index in [1.807, 2.05) is 44.3 Å². The Bertz CT molecular complexity index is 839. The first kappa shape index (κ1) is 20.6. The summed E-state index contributed by atoms with van der Waals surface area (Å²) in [6.07, 6.45) is 1.81. The number of aliphatic imine (C=N–C) groups is 1. The molecule has 0 aliphatic carbocycles. The Morgan fingerprint density at radius 1 is 1.11 bits per heavy atom. The smallest absolute Gasteiger partial charge is 0.149 e. The molecule has 0 saturated carbocycles. The van der Waals surface area contributed by atoms with Crippen molar-refractivity contribution >= 4 is 23.3 Å². The maximum absolute atomic E-state index is 14.0. The van der Waals surface area contributed by atoms with E-state index in [4.69, 9.17) is 0 Å². The van der Waals surface area contributed by atoms with Crippen molar-refractivity contribution in [2.45, 2.75) is 20.8 Å². The average Bonchev–Trinajstić information content (AvgIpc) is 2.61. The molecule has 3 nitrogen and oxygen atoms in total. The van der Waals surface area contributed by atoms with Crippen LogP contribution < -0.4 is 4.90 Å². The van der Waals surface area contributed by atoms with Gasteiger partial charge in [-0.1, -0.05) is 12.6 Å². The summed E-state index contributed by atoms with van der Waals surface area (Å²) in [5, 5.41) is 0. The van der Waals surface area contributed by atoms with E-state index in [0.717, 1.165) is 34.5 Å². The zero-order valence-electron chi connectivity index (χ0n) is 16.7. The summed E-state index contributed by atoms with van der Waals surface area (Å²) in [6, 6.07) is 7.92. The van der Waals surface area contributed by atoms with Gasteiger partial charge in [0.15, 0.2) is 0 Å². The SMILES string of the molecule is C=C(CN(C)c1c(F)cccc1F)c1cc(C)c(/N=C\N(C)CC)cc1C. The van der Waals surface area contributed by atoms with Gasteiger partial charge in [-0.05, 0) is 67.3 Å². The molecule has 0 atom stereocenters. The van der Waals surface area contributed by atoms with Gasteiger partial charge in [-0.2, -0.15) is 0 Å². The van der Waals surface area contributed by atoms with Gasteiger partial charge in [0, 0.05) is 27.2 Å². The van der Waals surface area contributed by atoms with E-state index in [-0.39, 0.29) is 5.69 Å². The van der Waals surface area contributed by atoms with E-state index in [1.54, 1.807) is 11.9 Å². The van der Waals surface area contributed by atoms with Crippen LogP contribution in [0.2, 0.25) is 0 Å². The predicted octanol–water partition coefficient (Wildman–Crippen LogP) is 5.34. The third-order valence-electron chi connectivity index (χ3n) is 4.56. The van der Waals surface area contributed by atoms with Crippen LogP contribution in [0.1, 0.15) is 23.6 Å². The highest BCUT2D eigenvalue weighted by molar-refractivity contribution is 5.74. The molecule has 0 N–H and O–H groups in total. The van der Waals surface area contributed by atoms with Crippen LogP contribution >= 0.6 is 0 Å². The first-order chi connectivity index (χ1) is 12.7. The van der Waals surface area contributed by atoms with Crippen LogP contribution in [0.5, 0.6) is 0 Å². The molecule has 0 bridgehead atoms. The van der Waals surface area contributed by atoms with Crippen molar-refractivity contribution < 1.29 is 8.78 Å². The minimum absolute atomic E-state index is 0.0446. The third-order valence-corrected chi connectivity index (χ3v) is 4.56. The lowest BCUT2D eigenvalue weighted by molar-refractivity contribution is 0.552. The molecule has 27 heavy (non-hydrogen) atoms. The molecular weight excluding hydrogens is 344 g/mol. The average molecular weight is 371 g/mol. The second-order valence-corrected chi connectivity index (χ2v) is 6.80. The Morgan fingerprint density at radius 2 is 1.74 bits per heavy atom. The highest BCUT2D eigenvalue weighted by atomic mass is 19.1. The number of likely N-dealkylation sites (N-methyl/N-ethyl adjacent to an activating group) is 1. The fourth-order valence-corrected chi connectivity index (χ4v) is 2.87. The molecule has 2 rings (SSSR count). The van der Waals surface area contributed by atoms with E-state index >= 15 is 0 Å². The summed E-state index contributed by atoms with van der Waals surface area (Å²) >= 11 is 0. The molecule has 0 amide bonds. The molecular formula is C22H27F2N3. The molecule has 0 heterocycles. The van der Waals surface area contributed by atoms with Crippen molar-refractivity contribution in [1.29, 1.82) is 0 Å². The van der Waals surface area contributed by atoms with Gasteiger partial charge in [-0.3, -0.25) is 0 Å². The van der Waals surface area contributed by atoms with E-state index < -0.39 is 11.6 Å². The zero-order valence-corrected chi connectivity index (χ0v) is 16.7. The largest absolute Gasteiger partial charge is 0.366 e. The van der Waals surface area contributed by atoms with Gasteiger partial charge < -0.3 is 9.80 Å². The summed E-state index contributed by atoms with van der Waals surface area (Å²) in [5.41, 5.74) is 4.67. The Morgan fingerprint density at radius 3 is 2.33 bits per heavy atom. The Labute approximate surface area is 160 Å². The molecule has 0 aliphatic rings. The molecule has 5 heteroatoms. The van der Waals surface area contributed by atoms with Crippen molar-refractivity contribution in [1.82, 2.24) is 4.90 Å². The van der Waals surface area contributed by atoms with Crippen molar-refractivity contribution in [3.05, 3.63) is 65.2 Å². The molecule has 0 aliphatic heterocycles. The van der Waals surface area contributed by atoms with Crippen LogP contribution in [0.15, 0.2) is 41.9 Å². The van der Waals surface area contributed by atoms with Gasteiger partial charge in [0.1, 0.15) is 17.3 Å². The number of benzene rings is 2. The van der Waals surface area contributed by atoms with Crippen LogP contribution in [-0.4, -0.2) is 38.4 Å². The fourth-order valence-electron chi connectivity index (χ4n) is 2.87. The van der Waals surface area contributed by atoms with Gasteiger partial charge in [0.2, 0.25) is 0 Å². The summed E-state index contributed by atoms with van der Waals surface area (Å²) < 4.78 is 28.0. The molecule has 0 radical (unpaired) electrons. The fraction of sp³-hybridized carbons (Fsp3) is 0.318. The standard InChI is InChI=1S/C22H27F2N3/c1-7-26(5)14-25-21-12-15(2)18(11-16(21)3)17(4)13-27(6)22-19(23)9-8-10-20(22)24/h8-12,14H,4,7,13H2,1-3,5-6H3/b25-14-. The Balaban J connectivity index is 2.24. The number of rotatable bonds is 7. The van der Waals surface area contributed by atoms with Gasteiger partial charge in [-0.25, -0.2) is 13.8 Å². The lowest BCUT2D eigenvalue weighted by Crippen LogP contribution is -2.22. The van der Waals surface area contributed by atoms with Crippen LogP contribution in [-0.2, 0) is 0 Å². The molecule has 0 saturated heterocycles. The quantitative estimate of drug-likeness (QED) is 0.483. The first-order valence-corrected chi connectivity index (χ1v) is 8.93. The molecule has 0 aromatic heterocycles. The van der Waals surface area contributed by atoms with E-state index in [9.17, 15) is 8.78 Å². The number of para-hydroxylation sites is 1. The van der Waals surface area contributed by atoms with Gasteiger partial charge >= 0.3 is 0 Å². The minimum Gasteiger partial charge on any atom is -0.366 e. The topological polar surface area (TPSA) is 18.8 Å². The summed E-state index contributed by atoms with van der Waals surface area (Å²) in [6.45, 7) is 11.4. The zero-order chi connectivity index (χ0) is 20.1. The first-order valence-electron chi connectivity index (χ1n) is 8.93. The molecule has 0 unspecified atom stereocenters. The maximum Gasteiger partial charge on any atom is 0.149 e. The van der Waals surface area contributed by atoms with Gasteiger partial charge in [-0.15, -0.1) is 0 Å². The number of hydrogen-bond acceptors (Lipinski definition) is 2. The number of nitrogens with zero attached hydrogens (tertiary/aromatic N) is 3. The van der Waals surface area contributed by atoms with Crippen LogP contribution in [0.3, 0.4) is 0 Å². The summed E-state index contributed by atoms with van der Waals surface area (Å²) in [5.74, 6) is -1.16. The number of aryl methyl sites for hydroxylation is 2. The van der Waals surface area contributed by atoms with Crippen molar-refractivity contribution in [2.75, 3.05) is 32.1 Å². The Kier molecular flexibility index (Phi) is 6.72. The number of anilines is 1. The lowest BCUT2D eigenvalue weighted by Gasteiger charge is -2.23. The monoisotopic (exact) mass is 371 g/mol. The summed E-state index contributed by atoms with van der Waals surface area (Å²) in [7, 11) is 3.63. The summed E-state index contributed by atoms with van der Waals surface area (Å²) in [4.78, 5) is 8.08. The highest BCUT2D eigenvalue weighted by Gasteiger charge is 2.15. The molecule has 2 aromatic carbocycles. The van der Waals surface area contributed by atoms with Crippen LogP contribution in [0.25, 0.3) is 5.57 Å². The van der Waals surface area contributed by atoms with Crippen LogP contribution in [0.4, 0.5) is 20.2 Å². The maximum atomic E-state index is 14.0. The Hall–Kier alpha value is -2.69.